The molecule has 2 atom stereocenters. The molecular weight excluding hydrogens is 536 g/mol. The molecule has 4 rings (SSSR count). The monoisotopic (exact) mass is 562 g/mol. The van der Waals surface area contributed by atoms with E-state index >= 15 is 0 Å². The summed E-state index contributed by atoms with van der Waals surface area (Å²) in [4.78, 5) is 28.7. The van der Waals surface area contributed by atoms with Crippen molar-refractivity contribution in [1.82, 2.24) is 9.80 Å². The topological polar surface area (TPSA) is 40.6 Å². The molecule has 1 fully saturated rings. The first-order chi connectivity index (χ1) is 18.1. The van der Waals surface area contributed by atoms with Crippen LogP contribution in [0.3, 0.4) is 0 Å². The number of hydrogen-bond donors (Lipinski definition) is 0. The summed E-state index contributed by atoms with van der Waals surface area (Å²) in [5, 5.41) is 0.636. The predicted octanol–water partition coefficient (Wildman–Crippen LogP) is 6.84. The summed E-state index contributed by atoms with van der Waals surface area (Å²) < 4.78 is 40.9. The van der Waals surface area contributed by atoms with E-state index in [-0.39, 0.29) is 31.8 Å². The number of nitrogens with zero attached hydrogens (tertiary/aromatic N) is 2. The number of rotatable bonds is 7. The van der Waals surface area contributed by atoms with Crippen molar-refractivity contribution >= 4 is 35.0 Å². The first-order valence-electron chi connectivity index (χ1n) is 12.3. The number of carbonyl (C=O) groups is 2. The normalized spacial score (nSPS) is 17.8. The van der Waals surface area contributed by atoms with Crippen molar-refractivity contribution in [2.24, 2.45) is 0 Å². The molecule has 1 aliphatic heterocycles. The number of halogens is 5. The summed E-state index contributed by atoms with van der Waals surface area (Å²) in [6.45, 7) is 0.126. The Kier molecular flexibility index (Phi) is 9.00. The van der Waals surface area contributed by atoms with E-state index in [9.17, 15) is 22.8 Å². The summed E-state index contributed by atoms with van der Waals surface area (Å²) in [5.41, 5.74) is 2.10. The third-order valence-electron chi connectivity index (χ3n) is 6.80. The van der Waals surface area contributed by atoms with Gasteiger partial charge in [0, 0.05) is 40.8 Å². The van der Waals surface area contributed by atoms with Gasteiger partial charge in [0.1, 0.15) is 0 Å². The van der Waals surface area contributed by atoms with Gasteiger partial charge in [0.2, 0.25) is 0 Å². The van der Waals surface area contributed by atoms with Crippen molar-refractivity contribution in [1.29, 1.82) is 0 Å². The third kappa shape index (κ3) is 7.08. The standard InChI is InChI=1S/C29H27Cl2F3N2O2/c30-23-16-22(17-24(31)18-23)27(37)35-14-12-25(19-26(35)15-21-9-5-2-6-10-21)36(28(38)29(32,33)34)13-11-20-7-3-1-4-8-20/h1-10,16-18,25-26H,11-15,19H2. The van der Waals surface area contributed by atoms with Crippen molar-refractivity contribution in [2.45, 2.75) is 43.9 Å². The number of benzene rings is 3. The number of likely N-dealkylation sites (tertiary alicyclic amines) is 1. The van der Waals surface area contributed by atoms with Gasteiger partial charge in [-0.25, -0.2) is 0 Å². The molecule has 0 aromatic heterocycles. The predicted molar refractivity (Wildman–Crippen MR) is 142 cm³/mol. The molecule has 0 saturated carbocycles. The molecule has 2 unspecified atom stereocenters. The Labute approximate surface area is 229 Å². The molecule has 0 spiro atoms. The fourth-order valence-electron chi connectivity index (χ4n) is 5.01. The molecule has 38 heavy (non-hydrogen) atoms. The second kappa shape index (κ2) is 12.2. The quantitative estimate of drug-likeness (QED) is 0.316. The Morgan fingerprint density at radius 1 is 0.895 bits per heavy atom. The van der Waals surface area contributed by atoms with E-state index in [1.165, 1.54) is 18.2 Å². The fourth-order valence-corrected chi connectivity index (χ4v) is 5.54. The first kappa shape index (κ1) is 28.0. The van der Waals surface area contributed by atoms with Crippen molar-refractivity contribution in [2.75, 3.05) is 13.1 Å². The van der Waals surface area contributed by atoms with Crippen LogP contribution in [0.4, 0.5) is 13.2 Å². The van der Waals surface area contributed by atoms with Crippen LogP contribution in [0.5, 0.6) is 0 Å². The number of amides is 2. The van der Waals surface area contributed by atoms with E-state index in [1.54, 1.807) is 4.90 Å². The summed E-state index contributed by atoms with van der Waals surface area (Å²) in [7, 11) is 0. The zero-order valence-electron chi connectivity index (χ0n) is 20.5. The molecule has 200 valence electrons. The van der Waals surface area contributed by atoms with Gasteiger partial charge >= 0.3 is 12.1 Å². The Morgan fingerprint density at radius 2 is 1.47 bits per heavy atom. The number of piperidine rings is 1. The van der Waals surface area contributed by atoms with Crippen molar-refractivity contribution in [3.63, 3.8) is 0 Å². The second-order valence-electron chi connectivity index (χ2n) is 9.41. The Balaban J connectivity index is 1.61. The molecule has 4 nitrogen and oxygen atoms in total. The van der Waals surface area contributed by atoms with Crippen molar-refractivity contribution in [3.8, 4) is 0 Å². The van der Waals surface area contributed by atoms with Gasteiger partial charge in [-0.3, -0.25) is 9.59 Å². The fraction of sp³-hybridized carbons (Fsp3) is 0.310. The van der Waals surface area contributed by atoms with E-state index in [4.69, 9.17) is 23.2 Å². The lowest BCUT2D eigenvalue weighted by Gasteiger charge is -2.44. The highest BCUT2D eigenvalue weighted by Gasteiger charge is 2.46. The van der Waals surface area contributed by atoms with Gasteiger partial charge in [-0.1, -0.05) is 83.9 Å². The zero-order chi connectivity index (χ0) is 27.3. The largest absolute Gasteiger partial charge is 0.471 e. The Morgan fingerprint density at radius 3 is 2.05 bits per heavy atom. The number of alkyl halides is 3. The van der Waals surface area contributed by atoms with Gasteiger partial charge in [-0.05, 0) is 55.0 Å². The van der Waals surface area contributed by atoms with Crippen LogP contribution in [-0.4, -0.2) is 53.0 Å². The maximum Gasteiger partial charge on any atom is 0.471 e. The minimum Gasteiger partial charge on any atom is -0.335 e. The Bertz CT molecular complexity index is 1240. The molecule has 2 amide bonds. The highest BCUT2D eigenvalue weighted by atomic mass is 35.5. The maximum absolute atomic E-state index is 13.6. The van der Waals surface area contributed by atoms with Gasteiger partial charge in [0.25, 0.3) is 5.91 Å². The smallest absolute Gasteiger partial charge is 0.335 e. The van der Waals surface area contributed by atoms with Crippen LogP contribution >= 0.6 is 23.2 Å². The van der Waals surface area contributed by atoms with Gasteiger partial charge in [-0.15, -0.1) is 0 Å². The minimum atomic E-state index is -4.99. The molecule has 0 N–H and O–H groups in total. The molecule has 0 radical (unpaired) electrons. The van der Waals surface area contributed by atoms with Crippen LogP contribution in [-0.2, 0) is 17.6 Å². The maximum atomic E-state index is 13.6. The molecule has 3 aromatic rings. The van der Waals surface area contributed by atoms with Gasteiger partial charge in [0.05, 0.1) is 0 Å². The van der Waals surface area contributed by atoms with Crippen LogP contribution in [0.25, 0.3) is 0 Å². The van der Waals surface area contributed by atoms with Crippen LogP contribution in [0, 0.1) is 0 Å². The molecular formula is C29H27Cl2F3N2O2. The first-order valence-corrected chi connectivity index (χ1v) is 13.1. The van der Waals surface area contributed by atoms with E-state index in [0.717, 1.165) is 16.0 Å². The van der Waals surface area contributed by atoms with Crippen LogP contribution < -0.4 is 0 Å². The SMILES string of the molecule is O=C(c1cc(Cl)cc(Cl)c1)N1CCC(N(CCc2ccccc2)C(=O)C(F)(F)F)CC1Cc1ccccc1. The van der Waals surface area contributed by atoms with E-state index in [2.05, 4.69) is 0 Å². The average Bonchev–Trinajstić information content (AvgIpc) is 2.88. The zero-order valence-corrected chi connectivity index (χ0v) is 22.0. The van der Waals surface area contributed by atoms with Crippen molar-refractivity contribution < 1.29 is 22.8 Å². The second-order valence-corrected chi connectivity index (χ2v) is 10.3. The van der Waals surface area contributed by atoms with Crippen LogP contribution in [0.15, 0.2) is 78.9 Å². The summed E-state index contributed by atoms with van der Waals surface area (Å²) in [5.74, 6) is -2.15. The minimum absolute atomic E-state index is 0.0665. The molecule has 1 heterocycles. The summed E-state index contributed by atoms with van der Waals surface area (Å²) >= 11 is 12.2. The molecule has 1 saturated heterocycles. The Hall–Kier alpha value is -3.03. The molecule has 0 bridgehead atoms. The van der Waals surface area contributed by atoms with E-state index in [0.29, 0.717) is 28.5 Å². The molecule has 0 aliphatic carbocycles. The average molecular weight is 563 g/mol. The van der Waals surface area contributed by atoms with Crippen molar-refractivity contribution in [3.05, 3.63) is 106 Å². The van der Waals surface area contributed by atoms with Gasteiger partial charge in [0.15, 0.2) is 0 Å². The lowest BCUT2D eigenvalue weighted by Crippen LogP contribution is -2.56. The molecule has 3 aromatic carbocycles. The molecule has 9 heteroatoms. The van der Waals surface area contributed by atoms with Crippen LogP contribution in [0.1, 0.15) is 34.3 Å². The van der Waals surface area contributed by atoms with Gasteiger partial charge < -0.3 is 9.80 Å². The van der Waals surface area contributed by atoms with Gasteiger partial charge in [-0.2, -0.15) is 13.2 Å². The van der Waals surface area contributed by atoms with Crippen LogP contribution in [0.2, 0.25) is 10.0 Å². The molecule has 1 aliphatic rings. The number of hydrogen-bond acceptors (Lipinski definition) is 2. The highest BCUT2D eigenvalue weighted by molar-refractivity contribution is 6.35. The lowest BCUT2D eigenvalue weighted by atomic mass is 9.90. The number of carbonyl (C=O) groups excluding carboxylic acids is 2. The van der Waals surface area contributed by atoms with E-state index in [1.807, 2.05) is 60.7 Å². The summed E-state index contributed by atoms with van der Waals surface area (Å²) in [6, 6.07) is 22.0. The summed E-state index contributed by atoms with van der Waals surface area (Å²) in [6.07, 6.45) is -3.82. The lowest BCUT2D eigenvalue weighted by molar-refractivity contribution is -0.188. The van der Waals surface area contributed by atoms with E-state index < -0.39 is 24.2 Å². The third-order valence-corrected chi connectivity index (χ3v) is 7.24. The highest BCUT2D eigenvalue weighted by Crippen LogP contribution is 2.30.